The summed E-state index contributed by atoms with van der Waals surface area (Å²) >= 11 is 3.38. The van der Waals surface area contributed by atoms with Crippen LogP contribution in [0.3, 0.4) is 0 Å². The highest BCUT2D eigenvalue weighted by atomic mass is 79.9. The average Bonchev–Trinajstić information content (AvgIpc) is 2.60. The minimum atomic E-state index is 0.803. The highest BCUT2D eigenvalue weighted by Gasteiger charge is 2.10. The Bertz CT molecular complexity index is 474. The van der Waals surface area contributed by atoms with Crippen LogP contribution in [0.25, 0.3) is 11.3 Å². The van der Waals surface area contributed by atoms with E-state index in [0.717, 1.165) is 16.8 Å². The lowest BCUT2D eigenvalue weighted by atomic mass is 10.0. The Morgan fingerprint density at radius 2 is 2.07 bits per heavy atom. The molecule has 0 amide bonds. The zero-order chi connectivity index (χ0) is 10.8. The predicted molar refractivity (Wildman–Crippen MR) is 65.8 cm³/mol. The molecule has 2 aromatic rings. The third-order valence-electron chi connectivity index (χ3n) is 2.50. The van der Waals surface area contributed by atoms with Gasteiger partial charge in [0, 0.05) is 11.3 Å². The smallest absolute Gasteiger partial charge is 0.175 e. The number of H-pyrrole nitrogens is 1. The van der Waals surface area contributed by atoms with Gasteiger partial charge in [-0.1, -0.05) is 31.2 Å². The number of nitrogens with one attached hydrogen (secondary N) is 1. The highest BCUT2D eigenvalue weighted by Crippen LogP contribution is 2.26. The molecular formula is C12H13BrN2. The zero-order valence-electron chi connectivity index (χ0n) is 8.84. The summed E-state index contributed by atoms with van der Waals surface area (Å²) in [6, 6.07) is 8.31. The molecule has 0 atom stereocenters. The first kappa shape index (κ1) is 10.4. The molecule has 0 bridgehead atoms. The van der Waals surface area contributed by atoms with Crippen LogP contribution in [0.5, 0.6) is 0 Å². The fraction of sp³-hybridized carbons (Fsp3) is 0.250. The van der Waals surface area contributed by atoms with Crippen molar-refractivity contribution in [1.29, 1.82) is 0 Å². The van der Waals surface area contributed by atoms with Crippen molar-refractivity contribution in [3.8, 4) is 11.3 Å². The van der Waals surface area contributed by atoms with Crippen molar-refractivity contribution in [2.24, 2.45) is 0 Å². The van der Waals surface area contributed by atoms with Crippen molar-refractivity contribution in [3.05, 3.63) is 40.3 Å². The van der Waals surface area contributed by atoms with Gasteiger partial charge in [0.05, 0.1) is 5.69 Å². The van der Waals surface area contributed by atoms with Gasteiger partial charge in [-0.3, -0.25) is 0 Å². The molecule has 3 heteroatoms. The fourth-order valence-electron chi connectivity index (χ4n) is 1.69. The van der Waals surface area contributed by atoms with Gasteiger partial charge >= 0.3 is 0 Å². The number of aryl methyl sites for hydroxylation is 2. The minimum absolute atomic E-state index is 0.803. The van der Waals surface area contributed by atoms with Crippen molar-refractivity contribution in [2.75, 3.05) is 0 Å². The van der Waals surface area contributed by atoms with E-state index < -0.39 is 0 Å². The van der Waals surface area contributed by atoms with Crippen LogP contribution in [0.4, 0.5) is 0 Å². The summed E-state index contributed by atoms with van der Waals surface area (Å²) in [4.78, 5) is 7.70. The first-order chi connectivity index (χ1) is 7.22. The number of aromatic amines is 1. The Kier molecular flexibility index (Phi) is 2.91. The second kappa shape index (κ2) is 4.19. The first-order valence-electron chi connectivity index (χ1n) is 5.02. The Morgan fingerprint density at radius 3 is 2.73 bits per heavy atom. The molecule has 0 aliphatic carbocycles. The third kappa shape index (κ3) is 1.97. The van der Waals surface area contributed by atoms with Crippen LogP contribution in [0.15, 0.2) is 29.0 Å². The van der Waals surface area contributed by atoms with Crippen molar-refractivity contribution < 1.29 is 0 Å². The molecule has 1 N–H and O–H groups in total. The normalized spacial score (nSPS) is 10.6. The SMILES string of the molecule is CCc1[nH]c(Br)nc1-c1ccccc1C. The largest absolute Gasteiger partial charge is 0.336 e. The van der Waals surface area contributed by atoms with Crippen molar-refractivity contribution in [1.82, 2.24) is 9.97 Å². The van der Waals surface area contributed by atoms with Crippen LogP contribution >= 0.6 is 15.9 Å². The maximum Gasteiger partial charge on any atom is 0.175 e. The molecular weight excluding hydrogens is 252 g/mol. The molecule has 0 aliphatic heterocycles. The lowest BCUT2D eigenvalue weighted by Crippen LogP contribution is -1.88. The molecule has 0 unspecified atom stereocenters. The van der Waals surface area contributed by atoms with Gasteiger partial charge in [-0.2, -0.15) is 0 Å². The van der Waals surface area contributed by atoms with Gasteiger partial charge < -0.3 is 4.98 Å². The summed E-state index contributed by atoms with van der Waals surface area (Å²) in [5.41, 5.74) is 4.70. The Hall–Kier alpha value is -1.09. The van der Waals surface area contributed by atoms with Gasteiger partial charge in [0.25, 0.3) is 0 Å². The molecule has 0 saturated heterocycles. The molecule has 1 aromatic carbocycles. The number of halogens is 1. The highest BCUT2D eigenvalue weighted by molar-refractivity contribution is 9.10. The van der Waals surface area contributed by atoms with Gasteiger partial charge in [0.1, 0.15) is 0 Å². The van der Waals surface area contributed by atoms with Gasteiger partial charge in [-0.15, -0.1) is 0 Å². The quantitative estimate of drug-likeness (QED) is 0.881. The van der Waals surface area contributed by atoms with Crippen molar-refractivity contribution >= 4 is 15.9 Å². The van der Waals surface area contributed by atoms with E-state index in [1.165, 1.54) is 16.8 Å². The monoisotopic (exact) mass is 264 g/mol. The number of nitrogens with zero attached hydrogens (tertiary/aromatic N) is 1. The van der Waals surface area contributed by atoms with E-state index in [1.54, 1.807) is 0 Å². The molecule has 0 spiro atoms. The van der Waals surface area contributed by atoms with Gasteiger partial charge in [-0.05, 0) is 34.8 Å². The summed E-state index contributed by atoms with van der Waals surface area (Å²) in [6.45, 7) is 4.24. The second-order valence-corrected chi connectivity index (χ2v) is 4.27. The summed E-state index contributed by atoms with van der Waals surface area (Å²) in [7, 11) is 0. The van der Waals surface area contributed by atoms with Crippen molar-refractivity contribution in [2.45, 2.75) is 20.3 Å². The summed E-state index contributed by atoms with van der Waals surface area (Å²) < 4.78 is 0.803. The number of aromatic nitrogens is 2. The van der Waals surface area contributed by atoms with Crippen LogP contribution in [0.2, 0.25) is 0 Å². The third-order valence-corrected chi connectivity index (χ3v) is 2.88. The van der Waals surface area contributed by atoms with E-state index in [9.17, 15) is 0 Å². The van der Waals surface area contributed by atoms with E-state index in [2.05, 4.69) is 51.9 Å². The van der Waals surface area contributed by atoms with E-state index in [-0.39, 0.29) is 0 Å². The summed E-state index contributed by atoms with van der Waals surface area (Å²) in [5.74, 6) is 0. The van der Waals surface area contributed by atoms with Crippen LogP contribution in [-0.4, -0.2) is 9.97 Å². The molecule has 1 heterocycles. The molecule has 1 aromatic heterocycles. The van der Waals surface area contributed by atoms with E-state index in [0.29, 0.717) is 0 Å². The lowest BCUT2D eigenvalue weighted by Gasteiger charge is -2.03. The van der Waals surface area contributed by atoms with Crippen LogP contribution in [-0.2, 0) is 6.42 Å². The Labute approximate surface area is 97.9 Å². The summed E-state index contributed by atoms with van der Waals surface area (Å²) in [6.07, 6.45) is 0.961. The number of benzene rings is 1. The fourth-order valence-corrected chi connectivity index (χ4v) is 2.11. The van der Waals surface area contributed by atoms with Gasteiger partial charge in [0.15, 0.2) is 4.73 Å². The average molecular weight is 265 g/mol. The van der Waals surface area contributed by atoms with Crippen molar-refractivity contribution in [3.63, 3.8) is 0 Å². The standard InChI is InChI=1S/C12H13BrN2/c1-3-10-11(15-12(13)14-10)9-7-5-4-6-8(9)2/h4-7H,3H2,1-2H3,(H,14,15). The van der Waals surface area contributed by atoms with E-state index in [4.69, 9.17) is 0 Å². The van der Waals surface area contributed by atoms with Crippen LogP contribution in [0, 0.1) is 6.92 Å². The maximum absolute atomic E-state index is 4.47. The molecule has 0 saturated carbocycles. The molecule has 78 valence electrons. The molecule has 0 fully saturated rings. The topological polar surface area (TPSA) is 28.7 Å². The first-order valence-corrected chi connectivity index (χ1v) is 5.82. The van der Waals surface area contributed by atoms with E-state index >= 15 is 0 Å². The number of hydrogen-bond donors (Lipinski definition) is 1. The Balaban J connectivity index is 2.58. The molecule has 2 rings (SSSR count). The Morgan fingerprint density at radius 1 is 1.33 bits per heavy atom. The van der Waals surface area contributed by atoms with Crippen LogP contribution in [0.1, 0.15) is 18.2 Å². The maximum atomic E-state index is 4.47. The lowest BCUT2D eigenvalue weighted by molar-refractivity contribution is 1.06. The second-order valence-electron chi connectivity index (χ2n) is 3.52. The van der Waals surface area contributed by atoms with Gasteiger partial charge in [0.2, 0.25) is 0 Å². The van der Waals surface area contributed by atoms with Crippen LogP contribution < -0.4 is 0 Å². The number of rotatable bonds is 2. The summed E-state index contributed by atoms with van der Waals surface area (Å²) in [5, 5.41) is 0. The van der Waals surface area contributed by atoms with Gasteiger partial charge in [-0.25, -0.2) is 4.98 Å². The molecule has 2 nitrogen and oxygen atoms in total. The number of imidazole rings is 1. The molecule has 0 aliphatic rings. The zero-order valence-corrected chi connectivity index (χ0v) is 10.4. The van der Waals surface area contributed by atoms with E-state index in [1.807, 2.05) is 12.1 Å². The molecule has 0 radical (unpaired) electrons. The minimum Gasteiger partial charge on any atom is -0.336 e. The molecule has 15 heavy (non-hydrogen) atoms. The predicted octanol–water partition coefficient (Wildman–Crippen LogP) is 3.71. The number of hydrogen-bond acceptors (Lipinski definition) is 1.